The third-order valence-corrected chi connectivity index (χ3v) is 2.29. The van der Waals surface area contributed by atoms with E-state index >= 15 is 0 Å². The second-order valence-electron chi connectivity index (χ2n) is 2.78. The minimum absolute atomic E-state index is 0.132. The van der Waals surface area contributed by atoms with Gasteiger partial charge in [-0.2, -0.15) is 13.2 Å². The molecule has 3 nitrogen and oxygen atoms in total. The van der Waals surface area contributed by atoms with E-state index in [1.165, 1.54) is 0 Å². The maximum atomic E-state index is 12.5. The third-order valence-electron chi connectivity index (χ3n) is 1.58. The molecule has 86 valence electrons. The maximum absolute atomic E-state index is 12.5. The number of alkyl halides is 4. The predicted octanol–water partition coefficient (Wildman–Crippen LogP) is 2.41. The quantitative estimate of drug-likeness (QED) is 0.807. The van der Waals surface area contributed by atoms with E-state index in [-0.39, 0.29) is 5.13 Å². The van der Waals surface area contributed by atoms with Gasteiger partial charge in [-0.25, -0.2) is 13.8 Å². The van der Waals surface area contributed by atoms with Crippen molar-refractivity contribution in [1.82, 2.24) is 9.36 Å². The Morgan fingerprint density at radius 1 is 1.47 bits per heavy atom. The molecule has 0 aliphatic heterocycles. The van der Waals surface area contributed by atoms with E-state index in [1.807, 2.05) is 0 Å². The molecule has 0 unspecified atom stereocenters. The minimum atomic E-state index is -4.04. The second-order valence-corrected chi connectivity index (χ2v) is 3.54. The molecule has 0 bridgehead atoms. The van der Waals surface area contributed by atoms with Crippen LogP contribution in [0.5, 0.6) is 0 Å². The monoisotopic (exact) mass is 243 g/mol. The fraction of sp³-hybridized carbons (Fsp3) is 0.714. The molecule has 0 spiro atoms. The van der Waals surface area contributed by atoms with Gasteiger partial charge in [0.1, 0.15) is 5.82 Å². The van der Waals surface area contributed by atoms with Gasteiger partial charge < -0.3 is 5.32 Å². The summed E-state index contributed by atoms with van der Waals surface area (Å²) in [5.74, 6) is -3.54. The van der Waals surface area contributed by atoms with Crippen LogP contribution < -0.4 is 5.32 Å². The Hall–Kier alpha value is -0.920. The molecule has 1 rings (SSSR count). The highest BCUT2D eigenvalue weighted by molar-refractivity contribution is 7.09. The second kappa shape index (κ2) is 4.73. The van der Waals surface area contributed by atoms with Crippen molar-refractivity contribution < 1.29 is 17.6 Å². The number of aromatic nitrogens is 2. The van der Waals surface area contributed by atoms with Crippen LogP contribution in [-0.2, 0) is 6.42 Å². The Bertz CT molecular complexity index is 315. The Morgan fingerprint density at radius 2 is 2.13 bits per heavy atom. The zero-order valence-electron chi connectivity index (χ0n) is 7.81. The molecule has 1 heterocycles. The van der Waals surface area contributed by atoms with Crippen LogP contribution >= 0.6 is 11.5 Å². The predicted molar refractivity (Wildman–Crippen MR) is 48.7 cm³/mol. The average molecular weight is 243 g/mol. The van der Waals surface area contributed by atoms with Crippen LogP contribution in [0.2, 0.25) is 0 Å². The van der Waals surface area contributed by atoms with Crippen LogP contribution in [0.4, 0.5) is 22.7 Å². The molecular weight excluding hydrogens is 234 g/mol. The normalized spacial score (nSPS) is 12.1. The van der Waals surface area contributed by atoms with Crippen molar-refractivity contribution in [3.63, 3.8) is 0 Å². The number of nitrogens with zero attached hydrogens (tertiary/aromatic N) is 2. The molecule has 1 aromatic heterocycles. The standard InChI is InChI=1S/C7H9F4N3S/c1-2-4-13-6(15-14-4)12-3-7(10,11)5(8)9/h5H,2-3H2,1H3,(H,12,13,14). The zero-order chi connectivity index (χ0) is 11.5. The van der Waals surface area contributed by atoms with Crippen LogP contribution in [0.3, 0.4) is 0 Å². The van der Waals surface area contributed by atoms with Crippen LogP contribution in [0.1, 0.15) is 12.7 Å². The van der Waals surface area contributed by atoms with E-state index in [0.717, 1.165) is 11.5 Å². The van der Waals surface area contributed by atoms with E-state index < -0.39 is 18.9 Å². The molecule has 0 aliphatic rings. The van der Waals surface area contributed by atoms with Gasteiger partial charge in [-0.15, -0.1) is 0 Å². The molecule has 0 fully saturated rings. The summed E-state index contributed by atoms with van der Waals surface area (Å²) < 4.78 is 52.3. The summed E-state index contributed by atoms with van der Waals surface area (Å²) in [6.45, 7) is 0.669. The first kappa shape index (κ1) is 12.2. The van der Waals surface area contributed by atoms with Gasteiger partial charge in [0.25, 0.3) is 0 Å². The highest BCUT2D eigenvalue weighted by atomic mass is 32.1. The van der Waals surface area contributed by atoms with Gasteiger partial charge in [-0.1, -0.05) is 6.92 Å². The van der Waals surface area contributed by atoms with E-state index in [0.29, 0.717) is 12.2 Å². The summed E-state index contributed by atoms with van der Waals surface area (Å²) in [5.41, 5.74) is 0. The van der Waals surface area contributed by atoms with Crippen LogP contribution in [0, 0.1) is 0 Å². The molecule has 0 aliphatic carbocycles. The molecule has 0 saturated heterocycles. The largest absolute Gasteiger partial charge is 0.354 e. The summed E-state index contributed by atoms with van der Waals surface area (Å²) >= 11 is 0.876. The Balaban J connectivity index is 2.50. The highest BCUT2D eigenvalue weighted by Gasteiger charge is 2.40. The summed E-state index contributed by atoms with van der Waals surface area (Å²) in [6, 6.07) is 0. The fourth-order valence-corrected chi connectivity index (χ4v) is 1.38. The van der Waals surface area contributed by atoms with Crippen LogP contribution in [-0.4, -0.2) is 28.3 Å². The van der Waals surface area contributed by atoms with Crippen molar-refractivity contribution in [3.8, 4) is 0 Å². The Morgan fingerprint density at radius 3 is 2.60 bits per heavy atom. The van der Waals surface area contributed by atoms with Crippen LogP contribution in [0.15, 0.2) is 0 Å². The zero-order valence-corrected chi connectivity index (χ0v) is 8.62. The molecule has 15 heavy (non-hydrogen) atoms. The molecule has 0 aromatic carbocycles. The molecule has 1 N–H and O–H groups in total. The number of hydrogen-bond donors (Lipinski definition) is 1. The van der Waals surface area contributed by atoms with Gasteiger partial charge >= 0.3 is 12.3 Å². The van der Waals surface area contributed by atoms with Crippen molar-refractivity contribution in [2.24, 2.45) is 0 Å². The first-order chi connectivity index (χ1) is 6.95. The lowest BCUT2D eigenvalue weighted by Crippen LogP contribution is -2.34. The van der Waals surface area contributed by atoms with E-state index in [2.05, 4.69) is 14.7 Å². The van der Waals surface area contributed by atoms with Crippen molar-refractivity contribution in [2.75, 3.05) is 11.9 Å². The fourth-order valence-electron chi connectivity index (χ4n) is 0.740. The smallest absolute Gasteiger partial charge is 0.324 e. The van der Waals surface area contributed by atoms with Gasteiger partial charge in [-0.3, -0.25) is 0 Å². The molecule has 0 saturated carbocycles. The van der Waals surface area contributed by atoms with Gasteiger partial charge in [0.2, 0.25) is 5.13 Å². The van der Waals surface area contributed by atoms with E-state index in [4.69, 9.17) is 0 Å². The number of aryl methyl sites for hydroxylation is 1. The lowest BCUT2D eigenvalue weighted by Gasteiger charge is -2.14. The van der Waals surface area contributed by atoms with E-state index in [9.17, 15) is 17.6 Å². The minimum Gasteiger partial charge on any atom is -0.354 e. The van der Waals surface area contributed by atoms with Crippen molar-refractivity contribution in [1.29, 1.82) is 0 Å². The van der Waals surface area contributed by atoms with Crippen molar-refractivity contribution >= 4 is 16.7 Å². The molecule has 0 amide bonds. The topological polar surface area (TPSA) is 37.8 Å². The molecule has 1 aromatic rings. The van der Waals surface area contributed by atoms with Gasteiger partial charge in [-0.05, 0) is 0 Å². The van der Waals surface area contributed by atoms with Gasteiger partial charge in [0.15, 0.2) is 0 Å². The first-order valence-corrected chi connectivity index (χ1v) is 4.95. The molecular formula is C7H9F4N3S. The lowest BCUT2D eigenvalue weighted by atomic mass is 10.3. The summed E-state index contributed by atoms with van der Waals surface area (Å²) in [7, 11) is 0. The number of nitrogens with one attached hydrogen (secondary N) is 1. The highest BCUT2D eigenvalue weighted by Crippen LogP contribution is 2.23. The van der Waals surface area contributed by atoms with Crippen molar-refractivity contribution in [2.45, 2.75) is 25.7 Å². The summed E-state index contributed by atoms with van der Waals surface area (Å²) in [6.07, 6.45) is -3.10. The number of rotatable bonds is 5. The summed E-state index contributed by atoms with van der Waals surface area (Å²) in [4.78, 5) is 3.81. The maximum Gasteiger partial charge on any atom is 0.324 e. The molecule has 0 atom stereocenters. The Labute approximate surface area is 87.7 Å². The number of halogens is 4. The van der Waals surface area contributed by atoms with Gasteiger partial charge in [0, 0.05) is 18.0 Å². The number of anilines is 1. The lowest BCUT2D eigenvalue weighted by molar-refractivity contribution is -0.117. The Kier molecular flexibility index (Phi) is 3.83. The van der Waals surface area contributed by atoms with Crippen LogP contribution in [0.25, 0.3) is 0 Å². The number of hydrogen-bond acceptors (Lipinski definition) is 4. The van der Waals surface area contributed by atoms with Gasteiger partial charge in [0.05, 0.1) is 6.54 Å². The summed E-state index contributed by atoms with van der Waals surface area (Å²) in [5, 5.41) is 2.27. The first-order valence-electron chi connectivity index (χ1n) is 4.18. The molecule has 8 heteroatoms. The van der Waals surface area contributed by atoms with Crippen molar-refractivity contribution in [3.05, 3.63) is 5.82 Å². The third kappa shape index (κ3) is 3.29. The average Bonchev–Trinajstić information content (AvgIpc) is 2.62. The van der Waals surface area contributed by atoms with E-state index in [1.54, 1.807) is 6.92 Å². The molecule has 0 radical (unpaired) electrons. The SMILES string of the molecule is CCc1nsc(NCC(F)(F)C(F)F)n1.